The van der Waals surface area contributed by atoms with E-state index >= 15 is 0 Å². The molecule has 3 aromatic rings. The lowest BCUT2D eigenvalue weighted by molar-refractivity contribution is -0.116. The second kappa shape index (κ2) is 9.74. The van der Waals surface area contributed by atoms with Crippen molar-refractivity contribution in [3.05, 3.63) is 66.0 Å². The van der Waals surface area contributed by atoms with Crippen LogP contribution in [0, 0.1) is 13.8 Å². The van der Waals surface area contributed by atoms with Gasteiger partial charge in [-0.05, 0) is 50.2 Å². The molecule has 9 nitrogen and oxygen atoms in total. The van der Waals surface area contributed by atoms with Gasteiger partial charge in [0.1, 0.15) is 22.9 Å². The topological polar surface area (TPSA) is 103 Å². The smallest absolute Gasteiger partial charge is 0.246 e. The van der Waals surface area contributed by atoms with Crippen LogP contribution in [-0.4, -0.2) is 54.7 Å². The van der Waals surface area contributed by atoms with Crippen LogP contribution in [0.5, 0.6) is 11.5 Å². The number of aromatic nitrogens is 2. The molecule has 1 fully saturated rings. The molecule has 33 heavy (non-hydrogen) atoms. The molecule has 0 spiro atoms. The molecule has 0 aliphatic carbocycles. The Morgan fingerprint density at radius 1 is 1.03 bits per heavy atom. The fourth-order valence-electron chi connectivity index (χ4n) is 3.69. The summed E-state index contributed by atoms with van der Waals surface area (Å²) in [5.41, 5.74) is 1.40. The van der Waals surface area contributed by atoms with Crippen molar-refractivity contribution in [2.75, 3.05) is 31.6 Å². The number of carbonyl (C=O) groups excluding carboxylic acids is 1. The van der Waals surface area contributed by atoms with Crippen molar-refractivity contribution in [1.29, 1.82) is 0 Å². The number of ether oxygens (including phenoxy) is 2. The van der Waals surface area contributed by atoms with Crippen LogP contribution in [0.1, 0.15) is 11.4 Å². The zero-order valence-electron chi connectivity index (χ0n) is 18.5. The summed E-state index contributed by atoms with van der Waals surface area (Å²) in [6, 6.07) is 16.4. The van der Waals surface area contributed by atoms with E-state index in [9.17, 15) is 13.2 Å². The Balaban J connectivity index is 1.42. The van der Waals surface area contributed by atoms with Crippen LogP contribution in [0.3, 0.4) is 0 Å². The minimum atomic E-state index is -3.70. The molecule has 0 saturated carbocycles. The molecular weight excluding hydrogens is 444 g/mol. The number of benzene rings is 2. The van der Waals surface area contributed by atoms with E-state index in [1.54, 1.807) is 38.1 Å². The Morgan fingerprint density at radius 2 is 1.67 bits per heavy atom. The van der Waals surface area contributed by atoms with Crippen LogP contribution < -0.4 is 10.1 Å². The molecule has 0 atom stereocenters. The average molecular weight is 471 g/mol. The van der Waals surface area contributed by atoms with Crippen LogP contribution in [0.25, 0.3) is 0 Å². The number of morpholine rings is 1. The largest absolute Gasteiger partial charge is 0.457 e. The molecule has 0 bridgehead atoms. The third-order valence-corrected chi connectivity index (χ3v) is 7.45. The predicted molar refractivity (Wildman–Crippen MR) is 123 cm³/mol. The van der Waals surface area contributed by atoms with E-state index in [1.165, 1.54) is 8.99 Å². The monoisotopic (exact) mass is 470 g/mol. The summed E-state index contributed by atoms with van der Waals surface area (Å²) in [6.45, 7) is 4.53. The lowest BCUT2D eigenvalue weighted by Gasteiger charge is -2.26. The third-order valence-electron chi connectivity index (χ3n) is 5.29. The molecule has 2 heterocycles. The number of aryl methyl sites for hydroxylation is 1. The third kappa shape index (κ3) is 5.24. The van der Waals surface area contributed by atoms with E-state index in [2.05, 4.69) is 10.4 Å². The number of rotatable bonds is 7. The van der Waals surface area contributed by atoms with Gasteiger partial charge in [-0.3, -0.25) is 9.48 Å². The first kappa shape index (κ1) is 23.0. The Morgan fingerprint density at radius 3 is 2.33 bits per heavy atom. The first-order chi connectivity index (χ1) is 15.8. The van der Waals surface area contributed by atoms with Crippen LogP contribution in [0.4, 0.5) is 5.69 Å². The summed E-state index contributed by atoms with van der Waals surface area (Å²) < 4.78 is 40.0. The number of carbonyl (C=O) groups is 1. The molecule has 174 valence electrons. The van der Waals surface area contributed by atoms with Gasteiger partial charge in [0.15, 0.2) is 0 Å². The summed E-state index contributed by atoms with van der Waals surface area (Å²) >= 11 is 0. The van der Waals surface area contributed by atoms with Crippen molar-refractivity contribution >= 4 is 21.6 Å². The van der Waals surface area contributed by atoms with Crippen LogP contribution in [0.2, 0.25) is 0 Å². The fraction of sp³-hybridized carbons (Fsp3) is 0.304. The minimum Gasteiger partial charge on any atom is -0.457 e. The number of hydrogen-bond donors (Lipinski definition) is 1. The van der Waals surface area contributed by atoms with Gasteiger partial charge in [-0.25, -0.2) is 8.42 Å². The highest BCUT2D eigenvalue weighted by Gasteiger charge is 2.32. The fourth-order valence-corrected chi connectivity index (χ4v) is 5.47. The van der Waals surface area contributed by atoms with Gasteiger partial charge in [0.05, 0.1) is 24.6 Å². The van der Waals surface area contributed by atoms with Gasteiger partial charge in [-0.1, -0.05) is 18.2 Å². The first-order valence-electron chi connectivity index (χ1n) is 10.6. The molecule has 1 amide bonds. The summed E-state index contributed by atoms with van der Waals surface area (Å²) in [5.74, 6) is 1.06. The van der Waals surface area contributed by atoms with Gasteiger partial charge in [0.2, 0.25) is 15.9 Å². The molecule has 1 saturated heterocycles. The Hall–Kier alpha value is -3.21. The van der Waals surface area contributed by atoms with Crippen molar-refractivity contribution in [3.8, 4) is 11.5 Å². The Bertz CT molecular complexity index is 1220. The van der Waals surface area contributed by atoms with Gasteiger partial charge < -0.3 is 14.8 Å². The molecule has 2 aromatic carbocycles. The lowest BCUT2D eigenvalue weighted by Crippen LogP contribution is -2.41. The van der Waals surface area contributed by atoms with Crippen LogP contribution >= 0.6 is 0 Å². The van der Waals surface area contributed by atoms with Crippen molar-refractivity contribution in [2.45, 2.75) is 25.3 Å². The molecule has 0 radical (unpaired) electrons. The molecule has 1 N–H and O–H groups in total. The van der Waals surface area contributed by atoms with Gasteiger partial charge in [0.25, 0.3) is 0 Å². The maximum Gasteiger partial charge on any atom is 0.246 e. The van der Waals surface area contributed by atoms with Crippen LogP contribution in [-0.2, 0) is 26.1 Å². The molecule has 4 rings (SSSR count). The Labute approximate surface area is 193 Å². The summed E-state index contributed by atoms with van der Waals surface area (Å²) in [5, 5.41) is 7.12. The zero-order chi connectivity index (χ0) is 23.4. The highest BCUT2D eigenvalue weighted by molar-refractivity contribution is 7.89. The van der Waals surface area contributed by atoms with Crippen molar-refractivity contribution in [1.82, 2.24) is 14.1 Å². The lowest BCUT2D eigenvalue weighted by atomic mass is 10.3. The van der Waals surface area contributed by atoms with E-state index in [0.29, 0.717) is 49.1 Å². The van der Waals surface area contributed by atoms with Gasteiger partial charge in [-0.2, -0.15) is 9.40 Å². The highest BCUT2D eigenvalue weighted by atomic mass is 32.2. The molecule has 1 aliphatic heterocycles. The van der Waals surface area contributed by atoms with E-state index in [4.69, 9.17) is 9.47 Å². The number of para-hydroxylation sites is 1. The Kier molecular flexibility index (Phi) is 6.77. The second-order valence-corrected chi connectivity index (χ2v) is 9.54. The molecule has 10 heteroatoms. The van der Waals surface area contributed by atoms with Crippen molar-refractivity contribution in [3.63, 3.8) is 0 Å². The SMILES string of the molecule is Cc1nn(CC(=O)Nc2ccc(Oc3ccccc3)cc2)c(C)c1S(=O)(=O)N1CCOCC1. The summed E-state index contributed by atoms with van der Waals surface area (Å²) in [4.78, 5) is 12.8. The summed E-state index contributed by atoms with van der Waals surface area (Å²) in [6.07, 6.45) is 0. The van der Waals surface area contributed by atoms with E-state index in [1.807, 2.05) is 30.3 Å². The van der Waals surface area contributed by atoms with E-state index in [-0.39, 0.29) is 17.3 Å². The molecule has 1 aromatic heterocycles. The number of nitrogens with zero attached hydrogens (tertiary/aromatic N) is 3. The molecular formula is C23H26N4O5S. The first-order valence-corrected chi connectivity index (χ1v) is 12.0. The van der Waals surface area contributed by atoms with Crippen molar-refractivity contribution < 1.29 is 22.7 Å². The standard InChI is InChI=1S/C23H26N4O5S/c1-17-23(33(29,30)26-12-14-31-15-13-26)18(2)27(25-17)16-22(28)24-19-8-10-21(11-9-19)32-20-6-4-3-5-7-20/h3-11H,12-16H2,1-2H3,(H,24,28). The predicted octanol–water partition coefficient (Wildman–Crippen LogP) is 2.95. The number of hydrogen-bond acceptors (Lipinski definition) is 6. The van der Waals surface area contributed by atoms with Crippen LogP contribution in [0.15, 0.2) is 59.5 Å². The maximum absolute atomic E-state index is 13.1. The number of nitrogens with one attached hydrogen (secondary N) is 1. The van der Waals surface area contributed by atoms with E-state index in [0.717, 1.165) is 5.75 Å². The maximum atomic E-state index is 13.1. The number of anilines is 1. The zero-order valence-corrected chi connectivity index (χ0v) is 19.3. The summed E-state index contributed by atoms with van der Waals surface area (Å²) in [7, 11) is -3.70. The van der Waals surface area contributed by atoms with Gasteiger partial charge in [-0.15, -0.1) is 0 Å². The van der Waals surface area contributed by atoms with Crippen molar-refractivity contribution in [2.24, 2.45) is 0 Å². The quantitative estimate of drug-likeness (QED) is 0.570. The molecule has 1 aliphatic rings. The highest BCUT2D eigenvalue weighted by Crippen LogP contribution is 2.25. The number of amides is 1. The van der Waals surface area contributed by atoms with Gasteiger partial charge in [0, 0.05) is 18.8 Å². The molecule has 0 unspecified atom stereocenters. The number of sulfonamides is 1. The second-order valence-electron chi connectivity index (χ2n) is 7.66. The van der Waals surface area contributed by atoms with E-state index < -0.39 is 10.0 Å². The average Bonchev–Trinajstić information content (AvgIpc) is 3.09. The normalized spacial score (nSPS) is 14.7. The van der Waals surface area contributed by atoms with Gasteiger partial charge >= 0.3 is 0 Å². The minimum absolute atomic E-state index is 0.104.